The van der Waals surface area contributed by atoms with E-state index >= 15 is 0 Å². The fourth-order valence-electron chi connectivity index (χ4n) is 3.07. The van der Waals surface area contributed by atoms with Crippen molar-refractivity contribution in [3.8, 4) is 17.1 Å². The molecule has 1 aliphatic carbocycles. The number of methoxy groups -OCH3 is 1. The number of carbonyl (C=O) groups is 1. The highest BCUT2D eigenvalue weighted by molar-refractivity contribution is 6.30. The highest BCUT2D eigenvalue weighted by Crippen LogP contribution is 2.48. The van der Waals surface area contributed by atoms with E-state index in [4.69, 9.17) is 20.9 Å². The molecule has 0 aliphatic heterocycles. The number of ether oxygens (including phenoxy) is 1. The lowest BCUT2D eigenvalue weighted by atomic mass is 10.00. The molecule has 2 aromatic carbocycles. The van der Waals surface area contributed by atoms with Gasteiger partial charge >= 0.3 is 0 Å². The summed E-state index contributed by atoms with van der Waals surface area (Å²) in [6.07, 6.45) is 1.54. The molecular formula is C21H19ClN2O3. The van der Waals surface area contributed by atoms with Gasteiger partial charge in [-0.15, -0.1) is 0 Å². The number of hydrogen-bond donors (Lipinski definition) is 1. The van der Waals surface area contributed by atoms with Crippen molar-refractivity contribution in [2.45, 2.75) is 24.8 Å². The summed E-state index contributed by atoms with van der Waals surface area (Å²) in [5.41, 5.74) is 2.00. The van der Waals surface area contributed by atoms with E-state index in [1.807, 2.05) is 42.5 Å². The van der Waals surface area contributed by atoms with E-state index in [0.717, 1.165) is 29.7 Å². The minimum Gasteiger partial charge on any atom is -0.497 e. The van der Waals surface area contributed by atoms with Crippen LogP contribution < -0.4 is 10.1 Å². The standard InChI is InChI=1S/C21H19ClN2O3/c1-26-17-8-2-14(3-9-17)13-23-20(25)21(10-11-21)19-12-18(27-24-19)15-4-6-16(22)7-5-15/h2-9,12H,10-11,13H2,1H3,(H,23,25). The highest BCUT2D eigenvalue weighted by atomic mass is 35.5. The van der Waals surface area contributed by atoms with Crippen molar-refractivity contribution in [3.63, 3.8) is 0 Å². The molecule has 3 aromatic rings. The second-order valence-corrected chi connectivity index (χ2v) is 7.13. The molecule has 1 amide bonds. The van der Waals surface area contributed by atoms with E-state index in [1.165, 1.54) is 0 Å². The molecule has 0 unspecified atom stereocenters. The third-order valence-electron chi connectivity index (χ3n) is 4.93. The van der Waals surface area contributed by atoms with Gasteiger partial charge < -0.3 is 14.6 Å². The van der Waals surface area contributed by atoms with Crippen molar-refractivity contribution in [3.05, 3.63) is 70.9 Å². The van der Waals surface area contributed by atoms with Crippen LogP contribution in [0.15, 0.2) is 59.1 Å². The van der Waals surface area contributed by atoms with Crippen LogP contribution in [0, 0.1) is 0 Å². The molecule has 5 nitrogen and oxygen atoms in total. The Morgan fingerprint density at radius 1 is 1.19 bits per heavy atom. The first-order chi connectivity index (χ1) is 13.1. The van der Waals surface area contributed by atoms with Gasteiger partial charge in [0.15, 0.2) is 5.76 Å². The smallest absolute Gasteiger partial charge is 0.232 e. The van der Waals surface area contributed by atoms with Crippen LogP contribution in [0.25, 0.3) is 11.3 Å². The molecule has 1 heterocycles. The van der Waals surface area contributed by atoms with Gasteiger partial charge in [0.25, 0.3) is 0 Å². The third kappa shape index (κ3) is 3.55. The van der Waals surface area contributed by atoms with Crippen LogP contribution in [0.4, 0.5) is 0 Å². The number of nitrogens with one attached hydrogen (secondary N) is 1. The molecule has 0 saturated heterocycles. The Morgan fingerprint density at radius 2 is 1.89 bits per heavy atom. The van der Waals surface area contributed by atoms with Crippen LogP contribution in [0.5, 0.6) is 5.75 Å². The minimum atomic E-state index is -0.583. The van der Waals surface area contributed by atoms with E-state index in [-0.39, 0.29) is 5.91 Å². The average Bonchev–Trinajstić information content (AvgIpc) is 3.37. The summed E-state index contributed by atoms with van der Waals surface area (Å²) in [5, 5.41) is 7.84. The van der Waals surface area contributed by atoms with Crippen LogP contribution in [0.3, 0.4) is 0 Å². The molecule has 27 heavy (non-hydrogen) atoms. The fraction of sp³-hybridized carbons (Fsp3) is 0.238. The Bertz CT molecular complexity index is 944. The maximum Gasteiger partial charge on any atom is 0.232 e. The predicted octanol–water partition coefficient (Wildman–Crippen LogP) is 4.35. The molecule has 1 N–H and O–H groups in total. The Kier molecular flexibility index (Phi) is 4.62. The Balaban J connectivity index is 1.45. The van der Waals surface area contributed by atoms with Crippen LogP contribution in [0.1, 0.15) is 24.1 Å². The molecule has 0 radical (unpaired) electrons. The van der Waals surface area contributed by atoms with Gasteiger partial charge in [-0.1, -0.05) is 28.9 Å². The summed E-state index contributed by atoms with van der Waals surface area (Å²) in [7, 11) is 1.63. The summed E-state index contributed by atoms with van der Waals surface area (Å²) >= 11 is 5.92. The third-order valence-corrected chi connectivity index (χ3v) is 5.18. The summed E-state index contributed by atoms with van der Waals surface area (Å²) in [4.78, 5) is 12.8. The molecule has 0 spiro atoms. The lowest BCUT2D eigenvalue weighted by molar-refractivity contribution is -0.123. The number of halogens is 1. The molecule has 138 valence electrons. The lowest BCUT2D eigenvalue weighted by Gasteiger charge is -2.12. The van der Waals surface area contributed by atoms with E-state index in [1.54, 1.807) is 19.2 Å². The minimum absolute atomic E-state index is 0.0192. The van der Waals surface area contributed by atoms with Crippen molar-refractivity contribution in [2.24, 2.45) is 0 Å². The van der Waals surface area contributed by atoms with E-state index in [2.05, 4.69) is 10.5 Å². The normalized spacial score (nSPS) is 14.6. The van der Waals surface area contributed by atoms with Crippen molar-refractivity contribution in [1.29, 1.82) is 0 Å². The average molecular weight is 383 g/mol. The van der Waals surface area contributed by atoms with Crippen molar-refractivity contribution >= 4 is 17.5 Å². The summed E-state index contributed by atoms with van der Waals surface area (Å²) in [6, 6.07) is 16.8. The molecule has 1 aromatic heterocycles. The van der Waals surface area contributed by atoms with Crippen LogP contribution in [0.2, 0.25) is 5.02 Å². The maximum absolute atomic E-state index is 12.8. The fourth-order valence-corrected chi connectivity index (χ4v) is 3.20. The predicted molar refractivity (Wildman–Crippen MR) is 103 cm³/mol. The van der Waals surface area contributed by atoms with Gasteiger partial charge in [0.1, 0.15) is 5.75 Å². The Labute approximate surface area is 162 Å². The second kappa shape index (κ2) is 7.08. The lowest BCUT2D eigenvalue weighted by Crippen LogP contribution is -2.34. The molecule has 4 rings (SSSR count). The Hall–Kier alpha value is -2.79. The van der Waals surface area contributed by atoms with Crippen molar-refractivity contribution in [1.82, 2.24) is 10.5 Å². The molecular weight excluding hydrogens is 364 g/mol. The van der Waals surface area contributed by atoms with Gasteiger partial charge in [0.2, 0.25) is 5.91 Å². The highest BCUT2D eigenvalue weighted by Gasteiger charge is 2.53. The summed E-state index contributed by atoms with van der Waals surface area (Å²) in [6.45, 7) is 0.465. The maximum atomic E-state index is 12.8. The first kappa shape index (κ1) is 17.6. The van der Waals surface area contributed by atoms with Crippen LogP contribution in [-0.2, 0) is 16.8 Å². The first-order valence-electron chi connectivity index (χ1n) is 8.75. The number of carbonyl (C=O) groups excluding carboxylic acids is 1. The van der Waals surface area contributed by atoms with Crippen molar-refractivity contribution < 1.29 is 14.1 Å². The monoisotopic (exact) mass is 382 g/mol. The van der Waals surface area contributed by atoms with Crippen LogP contribution >= 0.6 is 11.6 Å². The molecule has 1 saturated carbocycles. The van der Waals surface area contributed by atoms with Gasteiger partial charge in [0, 0.05) is 23.2 Å². The van der Waals surface area contributed by atoms with Gasteiger partial charge in [-0.25, -0.2) is 0 Å². The number of amides is 1. The summed E-state index contributed by atoms with van der Waals surface area (Å²) < 4.78 is 10.6. The SMILES string of the molecule is COc1ccc(CNC(=O)C2(c3cc(-c4ccc(Cl)cc4)on3)CC2)cc1. The number of nitrogens with zero attached hydrogens (tertiary/aromatic N) is 1. The Morgan fingerprint density at radius 3 is 2.52 bits per heavy atom. The largest absolute Gasteiger partial charge is 0.497 e. The van der Waals surface area contributed by atoms with Gasteiger partial charge in [-0.05, 0) is 54.8 Å². The molecule has 0 atom stereocenters. The topological polar surface area (TPSA) is 64.4 Å². The zero-order valence-corrected chi connectivity index (χ0v) is 15.6. The second-order valence-electron chi connectivity index (χ2n) is 6.70. The van der Waals surface area contributed by atoms with Gasteiger partial charge in [-0.3, -0.25) is 4.79 Å². The molecule has 6 heteroatoms. The summed E-state index contributed by atoms with van der Waals surface area (Å²) in [5.74, 6) is 1.41. The van der Waals surface area contributed by atoms with Gasteiger partial charge in [0.05, 0.1) is 18.2 Å². The van der Waals surface area contributed by atoms with E-state index in [9.17, 15) is 4.79 Å². The molecule has 1 fully saturated rings. The number of hydrogen-bond acceptors (Lipinski definition) is 4. The van der Waals surface area contributed by atoms with Crippen LogP contribution in [-0.4, -0.2) is 18.2 Å². The number of aromatic nitrogens is 1. The van der Waals surface area contributed by atoms with Gasteiger partial charge in [-0.2, -0.15) is 0 Å². The number of rotatable bonds is 6. The quantitative estimate of drug-likeness (QED) is 0.688. The molecule has 0 bridgehead atoms. The van der Waals surface area contributed by atoms with E-state index in [0.29, 0.717) is 23.0 Å². The molecule has 1 aliphatic rings. The van der Waals surface area contributed by atoms with Crippen molar-refractivity contribution in [2.75, 3.05) is 7.11 Å². The zero-order chi connectivity index (χ0) is 18.9. The number of benzene rings is 2. The zero-order valence-electron chi connectivity index (χ0n) is 14.9. The first-order valence-corrected chi connectivity index (χ1v) is 9.13. The van der Waals surface area contributed by atoms with E-state index < -0.39 is 5.41 Å².